The number of fused-ring (bicyclic) bond motifs is 1. The van der Waals surface area contributed by atoms with E-state index in [0.717, 1.165) is 37.1 Å². The van der Waals surface area contributed by atoms with Crippen LogP contribution in [0.4, 0.5) is 10.5 Å². The Kier molecular flexibility index (Phi) is 5.62. The zero-order valence-electron chi connectivity index (χ0n) is 18.9. The van der Waals surface area contributed by atoms with Crippen molar-refractivity contribution in [2.24, 2.45) is 5.92 Å². The maximum atomic E-state index is 13.3. The summed E-state index contributed by atoms with van der Waals surface area (Å²) >= 11 is 0. The fourth-order valence-electron chi connectivity index (χ4n) is 4.69. The number of hydrogen-bond acceptors (Lipinski definition) is 6. The molecule has 2 heterocycles. The number of para-hydroxylation sites is 1. The first-order chi connectivity index (χ1) is 16.1. The van der Waals surface area contributed by atoms with Gasteiger partial charge in [0.15, 0.2) is 17.3 Å². The van der Waals surface area contributed by atoms with Crippen LogP contribution < -0.4 is 14.8 Å². The van der Waals surface area contributed by atoms with Crippen molar-refractivity contribution in [2.45, 2.75) is 38.1 Å². The van der Waals surface area contributed by atoms with Crippen LogP contribution in [0, 0.1) is 5.92 Å². The number of amides is 2. The van der Waals surface area contributed by atoms with E-state index in [1.165, 1.54) is 0 Å². The monoisotopic (exact) mass is 448 g/mol. The lowest BCUT2D eigenvalue weighted by atomic mass is 9.75. The van der Waals surface area contributed by atoms with Gasteiger partial charge in [0.25, 0.3) is 0 Å². The van der Waals surface area contributed by atoms with Gasteiger partial charge >= 0.3 is 6.03 Å². The Morgan fingerprint density at radius 2 is 1.82 bits per heavy atom. The smallest absolute Gasteiger partial charge is 0.322 e. The predicted molar refractivity (Wildman–Crippen MR) is 123 cm³/mol. The van der Waals surface area contributed by atoms with Gasteiger partial charge in [0.05, 0.1) is 5.69 Å². The van der Waals surface area contributed by atoms with Crippen molar-refractivity contribution in [3.8, 4) is 17.2 Å². The largest absolute Gasteiger partial charge is 0.486 e. The van der Waals surface area contributed by atoms with E-state index in [2.05, 4.69) is 27.8 Å². The Balaban J connectivity index is 1.51. The number of urea groups is 1. The van der Waals surface area contributed by atoms with E-state index >= 15 is 0 Å². The van der Waals surface area contributed by atoms with E-state index in [1.54, 1.807) is 9.58 Å². The Morgan fingerprint density at radius 1 is 1.09 bits per heavy atom. The molecule has 2 aliphatic rings. The van der Waals surface area contributed by atoms with Crippen LogP contribution in [0.25, 0.3) is 5.69 Å². The summed E-state index contributed by atoms with van der Waals surface area (Å²) in [6.07, 6.45) is 3.52. The lowest BCUT2D eigenvalue weighted by Crippen LogP contribution is -2.52. The number of tetrazole rings is 1. The number of benzene rings is 2. The van der Waals surface area contributed by atoms with Crippen molar-refractivity contribution in [1.82, 2.24) is 25.1 Å². The molecule has 0 bridgehead atoms. The third-order valence-corrected chi connectivity index (χ3v) is 6.73. The van der Waals surface area contributed by atoms with Crippen LogP contribution in [0.3, 0.4) is 0 Å². The quantitative estimate of drug-likeness (QED) is 0.648. The summed E-state index contributed by atoms with van der Waals surface area (Å²) in [7, 11) is 1.83. The number of nitrogens with zero attached hydrogens (tertiary/aromatic N) is 5. The van der Waals surface area contributed by atoms with Crippen molar-refractivity contribution in [2.75, 3.05) is 25.6 Å². The third-order valence-electron chi connectivity index (χ3n) is 6.73. The molecule has 1 aliphatic heterocycles. The highest BCUT2D eigenvalue weighted by atomic mass is 16.6. The molecule has 0 atom stereocenters. The topological polar surface area (TPSA) is 94.4 Å². The number of carbonyl (C=O) groups excluding carboxylic acids is 1. The van der Waals surface area contributed by atoms with Crippen molar-refractivity contribution in [1.29, 1.82) is 0 Å². The summed E-state index contributed by atoms with van der Waals surface area (Å²) in [6, 6.07) is 15.0. The second kappa shape index (κ2) is 8.73. The molecule has 0 saturated heterocycles. The van der Waals surface area contributed by atoms with Gasteiger partial charge in [-0.05, 0) is 66.3 Å². The first-order valence-electron chi connectivity index (χ1n) is 11.4. The molecule has 1 N–H and O–H groups in total. The molecule has 1 aliphatic carbocycles. The van der Waals surface area contributed by atoms with Gasteiger partial charge in [0.1, 0.15) is 18.8 Å². The summed E-state index contributed by atoms with van der Waals surface area (Å²) in [5.41, 5.74) is 0.886. The summed E-state index contributed by atoms with van der Waals surface area (Å²) in [5, 5.41) is 15.8. The van der Waals surface area contributed by atoms with Crippen LogP contribution in [0.15, 0.2) is 48.5 Å². The molecule has 0 radical (unpaired) electrons. The van der Waals surface area contributed by atoms with Crippen LogP contribution in [0.5, 0.6) is 11.5 Å². The summed E-state index contributed by atoms with van der Waals surface area (Å²) in [5.74, 6) is 2.61. The van der Waals surface area contributed by atoms with Gasteiger partial charge in [-0.2, -0.15) is 4.68 Å². The SMILES string of the molecule is CC1CCC(c2nnnn2-c2ccc3c(c2)OCCO3)(N(C)C(=O)Nc2ccccc2)CC1. The number of carbonyl (C=O) groups is 1. The van der Waals surface area contributed by atoms with Crippen LogP contribution in [0.1, 0.15) is 38.4 Å². The number of aromatic nitrogens is 4. The molecule has 9 nitrogen and oxygen atoms in total. The third kappa shape index (κ3) is 3.99. The van der Waals surface area contributed by atoms with Gasteiger partial charge < -0.3 is 19.7 Å². The van der Waals surface area contributed by atoms with Crippen LogP contribution in [0.2, 0.25) is 0 Å². The normalized spacial score (nSPS) is 21.9. The van der Waals surface area contributed by atoms with E-state index in [9.17, 15) is 4.79 Å². The molecule has 0 unspecified atom stereocenters. The minimum Gasteiger partial charge on any atom is -0.486 e. The second-order valence-corrected chi connectivity index (χ2v) is 8.81. The highest BCUT2D eigenvalue weighted by Crippen LogP contribution is 2.43. The van der Waals surface area contributed by atoms with Crippen molar-refractivity contribution >= 4 is 11.7 Å². The average Bonchev–Trinajstić information content (AvgIpc) is 3.35. The molecule has 1 fully saturated rings. The molecule has 1 saturated carbocycles. The molecule has 172 valence electrons. The number of rotatable bonds is 4. The van der Waals surface area contributed by atoms with E-state index in [0.29, 0.717) is 36.5 Å². The van der Waals surface area contributed by atoms with E-state index in [4.69, 9.17) is 9.47 Å². The van der Waals surface area contributed by atoms with Crippen molar-refractivity contribution in [3.05, 3.63) is 54.4 Å². The minimum absolute atomic E-state index is 0.188. The highest BCUT2D eigenvalue weighted by Gasteiger charge is 2.46. The molecule has 9 heteroatoms. The molecule has 1 aromatic heterocycles. The van der Waals surface area contributed by atoms with E-state index in [-0.39, 0.29) is 6.03 Å². The van der Waals surface area contributed by atoms with Gasteiger partial charge in [-0.25, -0.2) is 4.79 Å². The highest BCUT2D eigenvalue weighted by molar-refractivity contribution is 5.89. The number of anilines is 1. The first kappa shape index (κ1) is 21.2. The average molecular weight is 449 g/mol. The summed E-state index contributed by atoms with van der Waals surface area (Å²) in [6.45, 7) is 3.28. The zero-order chi connectivity index (χ0) is 22.8. The first-order valence-corrected chi connectivity index (χ1v) is 11.4. The summed E-state index contributed by atoms with van der Waals surface area (Å²) < 4.78 is 13.1. The van der Waals surface area contributed by atoms with Crippen LogP contribution >= 0.6 is 0 Å². The predicted octanol–water partition coefficient (Wildman–Crippen LogP) is 4.00. The molecule has 2 amide bonds. The van der Waals surface area contributed by atoms with Gasteiger partial charge in [-0.1, -0.05) is 25.1 Å². The maximum absolute atomic E-state index is 13.3. The minimum atomic E-state index is -0.637. The lowest BCUT2D eigenvalue weighted by Gasteiger charge is -2.44. The standard InChI is InChI=1S/C24H28N6O3/c1-17-10-12-24(13-11-17,29(2)23(31)25-18-6-4-3-5-7-18)22-26-27-28-30(22)19-8-9-20-21(16-19)33-15-14-32-20/h3-9,16-17H,10-15H2,1-2H3,(H,25,31). The molecule has 5 rings (SSSR count). The molecule has 0 spiro atoms. The second-order valence-electron chi connectivity index (χ2n) is 8.81. The molecular weight excluding hydrogens is 420 g/mol. The molecule has 3 aromatic rings. The Bertz CT molecular complexity index is 1120. The van der Waals surface area contributed by atoms with Gasteiger partial charge in [0.2, 0.25) is 0 Å². The van der Waals surface area contributed by atoms with E-state index < -0.39 is 5.54 Å². The Labute approximate surface area is 192 Å². The summed E-state index contributed by atoms with van der Waals surface area (Å²) in [4.78, 5) is 15.1. The van der Waals surface area contributed by atoms with Gasteiger partial charge in [0, 0.05) is 18.8 Å². The Hall–Kier alpha value is -3.62. The van der Waals surface area contributed by atoms with Crippen LogP contribution in [-0.4, -0.2) is 51.4 Å². The van der Waals surface area contributed by atoms with Gasteiger partial charge in [-0.3, -0.25) is 0 Å². The lowest BCUT2D eigenvalue weighted by molar-refractivity contribution is 0.0786. The van der Waals surface area contributed by atoms with Crippen LogP contribution in [-0.2, 0) is 5.54 Å². The fourth-order valence-corrected chi connectivity index (χ4v) is 4.69. The molecule has 33 heavy (non-hydrogen) atoms. The number of ether oxygens (including phenoxy) is 2. The maximum Gasteiger partial charge on any atom is 0.322 e. The van der Waals surface area contributed by atoms with Gasteiger partial charge in [-0.15, -0.1) is 5.10 Å². The number of hydrogen-bond donors (Lipinski definition) is 1. The van der Waals surface area contributed by atoms with E-state index in [1.807, 2.05) is 55.6 Å². The Morgan fingerprint density at radius 3 is 2.58 bits per heavy atom. The van der Waals surface area contributed by atoms with Crippen molar-refractivity contribution < 1.29 is 14.3 Å². The fraction of sp³-hybridized carbons (Fsp3) is 0.417. The molecule has 2 aromatic carbocycles. The van der Waals surface area contributed by atoms with Crippen molar-refractivity contribution in [3.63, 3.8) is 0 Å². The molecular formula is C24H28N6O3. The zero-order valence-corrected chi connectivity index (χ0v) is 18.9. The number of nitrogens with one attached hydrogen (secondary N) is 1.